The molecule has 2 N–H and O–H groups in total. The van der Waals surface area contributed by atoms with Gasteiger partial charge in [0.1, 0.15) is 19.0 Å². The summed E-state index contributed by atoms with van der Waals surface area (Å²) in [4.78, 5) is 43.1. The minimum absolute atomic E-state index is 0.124. The summed E-state index contributed by atoms with van der Waals surface area (Å²) in [6.07, 6.45) is -0.0785. The van der Waals surface area contributed by atoms with Crippen molar-refractivity contribution in [2.45, 2.75) is 59.0 Å². The molecular formula is C28H31FN4O6. The average molecular weight is 539 g/mol. The van der Waals surface area contributed by atoms with Crippen molar-refractivity contribution in [3.8, 4) is 11.4 Å². The first kappa shape index (κ1) is 26.9. The minimum Gasteiger partial charge on any atom is -0.458 e. The number of pyridine rings is 2. The number of methoxy groups -OCH3 is 1. The van der Waals surface area contributed by atoms with E-state index in [1.807, 2.05) is 6.92 Å². The third-order valence-electron chi connectivity index (χ3n) is 7.41. The number of fused-ring (bicyclic) bond motifs is 5. The van der Waals surface area contributed by atoms with Gasteiger partial charge in [-0.05, 0) is 43.5 Å². The molecule has 11 heteroatoms. The molecule has 0 saturated heterocycles. The number of hydrogen-bond acceptors (Lipinski definition) is 8. The normalized spacial score (nSPS) is 16.4. The maximum atomic E-state index is 14.6. The van der Waals surface area contributed by atoms with E-state index < -0.39 is 17.9 Å². The Bertz CT molecular complexity index is 1540. The van der Waals surface area contributed by atoms with Crippen molar-refractivity contribution in [3.05, 3.63) is 62.2 Å². The molecule has 2 aromatic heterocycles. The van der Waals surface area contributed by atoms with Crippen LogP contribution in [0.5, 0.6) is 0 Å². The van der Waals surface area contributed by atoms with E-state index in [1.165, 1.54) is 13.2 Å². The van der Waals surface area contributed by atoms with E-state index >= 15 is 0 Å². The lowest BCUT2D eigenvalue weighted by Gasteiger charge is -2.24. The number of cyclic esters (lactones) is 1. The summed E-state index contributed by atoms with van der Waals surface area (Å²) in [6.45, 7) is 6.09. The van der Waals surface area contributed by atoms with Gasteiger partial charge in [0.2, 0.25) is 5.91 Å². The summed E-state index contributed by atoms with van der Waals surface area (Å²) in [7, 11) is 1.38. The molecule has 0 aliphatic carbocycles. The summed E-state index contributed by atoms with van der Waals surface area (Å²) >= 11 is 0. The number of aromatic nitrogens is 2. The molecule has 4 heterocycles. The second-order valence-corrected chi connectivity index (χ2v) is 9.90. The molecule has 0 spiro atoms. The van der Waals surface area contributed by atoms with E-state index in [9.17, 15) is 18.8 Å². The highest BCUT2D eigenvalue weighted by molar-refractivity contribution is 5.89. The number of rotatable bonds is 9. The topological polar surface area (TPSA) is 121 Å². The van der Waals surface area contributed by atoms with Crippen molar-refractivity contribution in [2.24, 2.45) is 0 Å². The van der Waals surface area contributed by atoms with Crippen LogP contribution in [0.25, 0.3) is 22.3 Å². The first-order valence-electron chi connectivity index (χ1n) is 12.9. The van der Waals surface area contributed by atoms with Crippen LogP contribution >= 0.6 is 0 Å². The number of hydrogen-bond donors (Lipinski definition) is 2. The van der Waals surface area contributed by atoms with Crippen molar-refractivity contribution in [1.29, 1.82) is 0 Å². The number of nitrogens with one attached hydrogen (secondary N) is 2. The zero-order valence-electron chi connectivity index (χ0n) is 22.4. The number of nitrogens with zero attached hydrogens (tertiary/aromatic N) is 2. The molecule has 2 atom stereocenters. The summed E-state index contributed by atoms with van der Waals surface area (Å²) in [5.41, 5.74) is 3.80. The number of carbonyl (C=O) groups is 2. The largest absolute Gasteiger partial charge is 0.458 e. The molecule has 5 rings (SSSR count). The standard InChI is InChI=1S/C28H31FN4O6/c1-5-15(3)31-13-38-12-24(34)30-9-18-16-6-14(2)21(29)8-22(16)32-25-19(18)10-33-23(25)7-17-20(27(33)35)11-39-28(36)26(17)37-4/h6-8,15,26,31H,5,9-13H2,1-4H3,(H,30,34). The maximum Gasteiger partial charge on any atom is 0.340 e. The van der Waals surface area contributed by atoms with Gasteiger partial charge in [-0.25, -0.2) is 14.2 Å². The molecule has 2 aliphatic heterocycles. The molecule has 0 bridgehead atoms. The highest BCUT2D eigenvalue weighted by Gasteiger charge is 2.36. The first-order chi connectivity index (χ1) is 18.7. The zero-order chi connectivity index (χ0) is 27.8. The summed E-state index contributed by atoms with van der Waals surface area (Å²) in [5.74, 6) is -1.28. The Kier molecular flexibility index (Phi) is 7.48. The fraction of sp³-hybridized carbons (Fsp3) is 0.429. The molecule has 39 heavy (non-hydrogen) atoms. The minimum atomic E-state index is -1.02. The lowest BCUT2D eigenvalue weighted by atomic mass is 9.97. The van der Waals surface area contributed by atoms with Crippen molar-refractivity contribution in [3.63, 3.8) is 0 Å². The molecule has 0 saturated carbocycles. The Balaban J connectivity index is 1.52. The van der Waals surface area contributed by atoms with Gasteiger partial charge in [-0.15, -0.1) is 0 Å². The number of esters is 1. The molecule has 0 fully saturated rings. The number of carbonyl (C=O) groups excluding carboxylic acids is 2. The third kappa shape index (κ3) is 4.93. The van der Waals surface area contributed by atoms with E-state index in [2.05, 4.69) is 17.6 Å². The van der Waals surface area contributed by atoms with Crippen molar-refractivity contribution >= 4 is 22.8 Å². The van der Waals surface area contributed by atoms with Crippen LogP contribution in [0.1, 0.15) is 54.2 Å². The molecule has 206 valence electrons. The number of aryl methyl sites for hydroxylation is 1. The Morgan fingerprint density at radius 1 is 1.28 bits per heavy atom. The average Bonchev–Trinajstić information content (AvgIpc) is 3.28. The summed E-state index contributed by atoms with van der Waals surface area (Å²) < 4.78 is 32.1. The van der Waals surface area contributed by atoms with Gasteiger partial charge in [0.15, 0.2) is 6.10 Å². The Hall–Kier alpha value is -3.67. The highest BCUT2D eigenvalue weighted by atomic mass is 19.1. The number of benzene rings is 1. The van der Waals surface area contributed by atoms with Crippen LogP contribution in [0, 0.1) is 12.7 Å². The predicted molar refractivity (Wildman–Crippen MR) is 140 cm³/mol. The monoisotopic (exact) mass is 538 g/mol. The Morgan fingerprint density at radius 3 is 2.82 bits per heavy atom. The second-order valence-electron chi connectivity index (χ2n) is 9.90. The quantitative estimate of drug-likeness (QED) is 0.190. The van der Waals surface area contributed by atoms with Gasteiger partial charge in [0, 0.05) is 42.3 Å². The fourth-order valence-electron chi connectivity index (χ4n) is 4.98. The van der Waals surface area contributed by atoms with Crippen molar-refractivity contribution in [1.82, 2.24) is 20.2 Å². The maximum absolute atomic E-state index is 14.6. The van der Waals surface area contributed by atoms with Gasteiger partial charge in [-0.2, -0.15) is 0 Å². The van der Waals surface area contributed by atoms with E-state index in [4.69, 9.17) is 19.2 Å². The Labute approximate surface area is 224 Å². The van der Waals surface area contributed by atoms with Gasteiger partial charge in [0.25, 0.3) is 5.56 Å². The van der Waals surface area contributed by atoms with Crippen LogP contribution in [0.2, 0.25) is 0 Å². The molecule has 2 aliphatic rings. The van der Waals surface area contributed by atoms with Crippen LogP contribution in [-0.4, -0.2) is 47.9 Å². The lowest BCUT2D eigenvalue weighted by molar-refractivity contribution is -0.159. The van der Waals surface area contributed by atoms with E-state index in [0.29, 0.717) is 39.0 Å². The van der Waals surface area contributed by atoms with E-state index in [1.54, 1.807) is 23.6 Å². The fourth-order valence-corrected chi connectivity index (χ4v) is 4.98. The smallest absolute Gasteiger partial charge is 0.340 e. The van der Waals surface area contributed by atoms with Gasteiger partial charge in [0.05, 0.1) is 35.7 Å². The molecule has 0 radical (unpaired) electrons. The highest BCUT2D eigenvalue weighted by Crippen LogP contribution is 2.38. The second kappa shape index (κ2) is 10.8. The number of ether oxygens (including phenoxy) is 3. The number of amides is 1. The van der Waals surface area contributed by atoms with Crippen molar-refractivity contribution < 1.29 is 28.2 Å². The van der Waals surface area contributed by atoms with Crippen LogP contribution < -0.4 is 16.2 Å². The van der Waals surface area contributed by atoms with Crippen LogP contribution in [0.3, 0.4) is 0 Å². The molecule has 10 nitrogen and oxygen atoms in total. The van der Waals surface area contributed by atoms with E-state index in [-0.39, 0.29) is 50.5 Å². The van der Waals surface area contributed by atoms with E-state index in [0.717, 1.165) is 17.5 Å². The SMILES string of the molecule is CCC(C)NCOCC(=O)NCc1c2c(nc3cc(F)c(C)cc13)-c1cc3c(c(=O)n1C2)COC(=O)C3OC. The number of halogens is 1. The van der Waals surface area contributed by atoms with Gasteiger partial charge < -0.3 is 24.1 Å². The molecule has 2 unspecified atom stereocenters. The summed E-state index contributed by atoms with van der Waals surface area (Å²) in [5, 5.41) is 6.74. The van der Waals surface area contributed by atoms with Gasteiger partial charge >= 0.3 is 5.97 Å². The molecule has 3 aromatic rings. The Morgan fingerprint density at radius 2 is 2.08 bits per heavy atom. The molecular weight excluding hydrogens is 507 g/mol. The zero-order valence-corrected chi connectivity index (χ0v) is 22.4. The molecule has 1 aromatic carbocycles. The van der Waals surface area contributed by atoms with Crippen LogP contribution in [-0.2, 0) is 43.5 Å². The van der Waals surface area contributed by atoms with Gasteiger partial charge in [-0.3, -0.25) is 14.9 Å². The first-order valence-corrected chi connectivity index (χ1v) is 12.9. The van der Waals surface area contributed by atoms with Crippen LogP contribution in [0.15, 0.2) is 23.0 Å². The van der Waals surface area contributed by atoms with Gasteiger partial charge in [-0.1, -0.05) is 6.92 Å². The lowest BCUT2D eigenvalue weighted by Crippen LogP contribution is -2.33. The predicted octanol–water partition coefficient (Wildman–Crippen LogP) is 2.60. The van der Waals surface area contributed by atoms with Crippen LogP contribution in [0.4, 0.5) is 4.39 Å². The summed E-state index contributed by atoms with van der Waals surface area (Å²) in [6, 6.07) is 5.06. The third-order valence-corrected chi connectivity index (χ3v) is 7.41. The van der Waals surface area contributed by atoms with Crippen molar-refractivity contribution in [2.75, 3.05) is 20.4 Å². The molecule has 1 amide bonds.